The number of furan rings is 1. The van der Waals surface area contributed by atoms with Crippen LogP contribution in [0.5, 0.6) is 5.75 Å². The molecule has 1 heterocycles. The summed E-state index contributed by atoms with van der Waals surface area (Å²) in [6.45, 7) is 10.4. The Hall–Kier alpha value is -4.36. The molecule has 2 N–H and O–H groups in total. The topological polar surface area (TPSA) is 170 Å². The number of carbonyl (C=O) groups excluding carboxylic acids is 2. The Labute approximate surface area is 243 Å². The Morgan fingerprint density at radius 1 is 0.881 bits per heavy atom. The Morgan fingerprint density at radius 2 is 1.43 bits per heavy atom. The van der Waals surface area contributed by atoms with Crippen LogP contribution in [0, 0.1) is 6.92 Å². The molecule has 0 aliphatic heterocycles. The van der Waals surface area contributed by atoms with Crippen LogP contribution in [-0.4, -0.2) is 48.0 Å². The van der Waals surface area contributed by atoms with Crippen molar-refractivity contribution < 1.29 is 51.1 Å². The predicted molar refractivity (Wildman–Crippen MR) is 151 cm³/mol. The van der Waals surface area contributed by atoms with Gasteiger partial charge in [-0.25, -0.2) is 14.4 Å². The first kappa shape index (κ1) is 32.2. The molecule has 2 amide bonds. The molecule has 0 atom stereocenters. The molecule has 13 heteroatoms. The molecule has 2 aromatic carbocycles. The summed E-state index contributed by atoms with van der Waals surface area (Å²) in [4.78, 5) is 39.5. The van der Waals surface area contributed by atoms with E-state index >= 15 is 0 Å². The zero-order valence-corrected chi connectivity index (χ0v) is 25.1. The molecule has 0 radical (unpaired) electrons. The summed E-state index contributed by atoms with van der Waals surface area (Å²) in [6, 6.07) is 8.98. The highest BCUT2D eigenvalue weighted by molar-refractivity contribution is 7.87. The van der Waals surface area contributed by atoms with Gasteiger partial charge in [-0.1, -0.05) is 17.7 Å². The number of ether oxygens (including phenoxy) is 2. The van der Waals surface area contributed by atoms with Gasteiger partial charge in [0.25, 0.3) is 0 Å². The lowest BCUT2D eigenvalue weighted by Gasteiger charge is -2.30. The fourth-order valence-corrected chi connectivity index (χ4v) is 4.67. The molecule has 3 rings (SSSR count). The van der Waals surface area contributed by atoms with E-state index in [0.717, 1.165) is 24.0 Å². The molecule has 0 fully saturated rings. The Kier molecular flexibility index (Phi) is 9.08. The van der Waals surface area contributed by atoms with Crippen molar-refractivity contribution in [2.45, 2.75) is 71.2 Å². The number of hydrogen-bond donors (Lipinski definition) is 2. The Bertz CT molecular complexity index is 1560. The van der Waals surface area contributed by atoms with E-state index in [2.05, 4.69) is 0 Å². The fraction of sp³-hybridized carbons (Fsp3) is 0.345. The highest BCUT2D eigenvalue weighted by Crippen LogP contribution is 2.45. The molecule has 42 heavy (non-hydrogen) atoms. The minimum atomic E-state index is -4.67. The van der Waals surface area contributed by atoms with Crippen molar-refractivity contribution in [2.24, 2.45) is 0 Å². The van der Waals surface area contributed by atoms with Gasteiger partial charge in [0.1, 0.15) is 34.0 Å². The molecule has 1 aromatic heterocycles. The van der Waals surface area contributed by atoms with Crippen LogP contribution >= 0.6 is 0 Å². The molecule has 0 unspecified atom stereocenters. The fourth-order valence-electron chi connectivity index (χ4n) is 3.71. The van der Waals surface area contributed by atoms with Crippen molar-refractivity contribution in [1.29, 1.82) is 0 Å². The standard InChI is InChI=1S/C29H33NO11S/c1-17-8-10-18(11-9-17)42(36,37)41-24-20(25(32)33)12-13-21(23(24)19-14-15-38-22(19)16-31)30(26(34)39-28(2,3)4)27(35)40-29(5,6)7/h8-15,31H,16H2,1-7H3,(H,32,33). The second-order valence-corrected chi connectivity index (χ2v) is 12.8. The van der Waals surface area contributed by atoms with E-state index in [-0.39, 0.29) is 27.5 Å². The van der Waals surface area contributed by atoms with Crippen molar-refractivity contribution in [3.8, 4) is 16.9 Å². The van der Waals surface area contributed by atoms with Gasteiger partial charge in [-0.3, -0.25) is 0 Å². The van der Waals surface area contributed by atoms with Crippen molar-refractivity contribution in [3.63, 3.8) is 0 Å². The SMILES string of the molecule is Cc1ccc(S(=O)(=O)Oc2c(C(=O)O)ccc(N(C(=O)OC(C)(C)C)C(=O)OC(C)(C)C)c2-c2ccoc2CO)cc1. The Morgan fingerprint density at radius 3 is 1.90 bits per heavy atom. The van der Waals surface area contributed by atoms with Crippen LogP contribution in [-0.2, 0) is 26.2 Å². The van der Waals surface area contributed by atoms with E-state index in [1.165, 1.54) is 30.3 Å². The monoisotopic (exact) mass is 603 g/mol. The molecule has 0 bridgehead atoms. The average Bonchev–Trinajstić information content (AvgIpc) is 3.30. The maximum Gasteiger partial charge on any atom is 0.424 e. The van der Waals surface area contributed by atoms with Crippen molar-refractivity contribution >= 4 is 34.0 Å². The van der Waals surface area contributed by atoms with Gasteiger partial charge in [-0.15, -0.1) is 0 Å². The van der Waals surface area contributed by atoms with Crippen LogP contribution < -0.4 is 9.08 Å². The highest BCUT2D eigenvalue weighted by Gasteiger charge is 2.38. The van der Waals surface area contributed by atoms with Gasteiger partial charge in [0.2, 0.25) is 0 Å². The molecule has 226 valence electrons. The van der Waals surface area contributed by atoms with Gasteiger partial charge in [0, 0.05) is 5.56 Å². The number of aliphatic hydroxyl groups excluding tert-OH is 1. The summed E-state index contributed by atoms with van der Waals surface area (Å²) in [5.74, 6) is -2.45. The van der Waals surface area contributed by atoms with Gasteiger partial charge in [-0.05, 0) is 78.8 Å². The number of aryl methyl sites for hydroxylation is 1. The number of hydrogen-bond acceptors (Lipinski definition) is 10. The van der Waals surface area contributed by atoms with Gasteiger partial charge >= 0.3 is 28.3 Å². The zero-order valence-electron chi connectivity index (χ0n) is 24.3. The average molecular weight is 604 g/mol. The highest BCUT2D eigenvalue weighted by atomic mass is 32.2. The summed E-state index contributed by atoms with van der Waals surface area (Å²) in [6.07, 6.45) is -1.26. The third-order valence-electron chi connectivity index (χ3n) is 5.42. The van der Waals surface area contributed by atoms with E-state index in [0.29, 0.717) is 4.90 Å². The van der Waals surface area contributed by atoms with Crippen molar-refractivity contribution in [3.05, 3.63) is 65.6 Å². The van der Waals surface area contributed by atoms with Crippen LogP contribution in [0.15, 0.2) is 58.0 Å². The summed E-state index contributed by atoms with van der Waals surface area (Å²) < 4.78 is 48.5. The molecule has 0 saturated heterocycles. The molecule has 0 aliphatic carbocycles. The number of benzene rings is 2. The zero-order chi connectivity index (χ0) is 31.6. The van der Waals surface area contributed by atoms with E-state index in [9.17, 15) is 33.0 Å². The summed E-state index contributed by atoms with van der Waals surface area (Å²) in [5.41, 5.74) is -2.80. The largest absolute Gasteiger partial charge is 0.478 e. The molecule has 12 nitrogen and oxygen atoms in total. The van der Waals surface area contributed by atoms with E-state index < -0.39 is 57.4 Å². The van der Waals surface area contributed by atoms with Crippen molar-refractivity contribution in [2.75, 3.05) is 4.90 Å². The number of nitrogens with zero attached hydrogens (tertiary/aromatic N) is 1. The lowest BCUT2D eigenvalue weighted by molar-refractivity contribution is 0.0430. The molecular formula is C29H33NO11S. The molecular weight excluding hydrogens is 570 g/mol. The lowest BCUT2D eigenvalue weighted by Crippen LogP contribution is -2.44. The second kappa shape index (κ2) is 11.9. The molecule has 0 aliphatic rings. The summed E-state index contributed by atoms with van der Waals surface area (Å²) >= 11 is 0. The first-order valence-corrected chi connectivity index (χ1v) is 14.1. The van der Waals surface area contributed by atoms with Crippen LogP contribution in [0.4, 0.5) is 15.3 Å². The minimum Gasteiger partial charge on any atom is -0.478 e. The van der Waals surface area contributed by atoms with E-state index in [4.69, 9.17) is 18.1 Å². The van der Waals surface area contributed by atoms with Gasteiger partial charge in [0.15, 0.2) is 5.75 Å². The van der Waals surface area contributed by atoms with Crippen LogP contribution in [0.3, 0.4) is 0 Å². The number of carbonyl (C=O) groups is 3. The quantitative estimate of drug-likeness (QED) is 0.309. The number of carboxylic acids is 1. The second-order valence-electron chi connectivity index (χ2n) is 11.2. The van der Waals surface area contributed by atoms with Crippen LogP contribution in [0.25, 0.3) is 11.1 Å². The van der Waals surface area contributed by atoms with Crippen molar-refractivity contribution in [1.82, 2.24) is 0 Å². The maximum atomic E-state index is 13.5. The van der Waals surface area contributed by atoms with Gasteiger partial charge in [-0.2, -0.15) is 13.3 Å². The minimum absolute atomic E-state index is 0.0539. The third kappa shape index (κ3) is 7.47. The Balaban J connectivity index is 2.42. The first-order valence-electron chi connectivity index (χ1n) is 12.7. The number of aliphatic hydroxyl groups is 1. The molecule has 3 aromatic rings. The normalized spacial score (nSPS) is 12.0. The van der Waals surface area contributed by atoms with Crippen LogP contribution in [0.2, 0.25) is 0 Å². The first-order chi connectivity index (χ1) is 19.3. The number of amides is 2. The van der Waals surface area contributed by atoms with Gasteiger partial charge < -0.3 is 28.3 Å². The molecule has 0 saturated carbocycles. The number of anilines is 1. The predicted octanol–water partition coefficient (Wildman–Crippen LogP) is 5.89. The number of imide groups is 1. The number of rotatable bonds is 7. The van der Waals surface area contributed by atoms with Crippen LogP contribution in [0.1, 0.15) is 63.2 Å². The maximum absolute atomic E-state index is 13.5. The van der Waals surface area contributed by atoms with Gasteiger partial charge in [0.05, 0.1) is 17.5 Å². The number of aromatic carboxylic acids is 1. The molecule has 0 spiro atoms. The van der Waals surface area contributed by atoms with E-state index in [1.807, 2.05) is 0 Å². The summed E-state index contributed by atoms with van der Waals surface area (Å²) in [5, 5.41) is 20.0. The smallest absolute Gasteiger partial charge is 0.424 e. The third-order valence-corrected chi connectivity index (χ3v) is 6.66. The number of carboxylic acid groups (broad SMARTS) is 1. The summed E-state index contributed by atoms with van der Waals surface area (Å²) in [7, 11) is -4.67. The van der Waals surface area contributed by atoms with E-state index in [1.54, 1.807) is 48.5 Å². The lowest BCUT2D eigenvalue weighted by atomic mass is 9.98.